The zero-order valence-electron chi connectivity index (χ0n) is 31.4. The molecule has 0 amide bonds. The largest absolute Gasteiger partial charge is 0.456 e. The Hall–Kier alpha value is -8.27. The van der Waals surface area contributed by atoms with Crippen molar-refractivity contribution in [2.45, 2.75) is 0 Å². The lowest BCUT2D eigenvalue weighted by atomic mass is 9.97. The molecule has 0 bridgehead atoms. The van der Waals surface area contributed by atoms with Crippen LogP contribution in [-0.4, -0.2) is 14.5 Å². The minimum absolute atomic E-state index is 0.409. The van der Waals surface area contributed by atoms with Crippen LogP contribution in [-0.2, 0) is 0 Å². The van der Waals surface area contributed by atoms with E-state index >= 15 is 0 Å². The van der Waals surface area contributed by atoms with E-state index in [-0.39, 0.29) is 0 Å². The zero-order chi connectivity index (χ0) is 39.0. The zero-order valence-corrected chi connectivity index (χ0v) is 31.4. The van der Waals surface area contributed by atoms with Crippen LogP contribution in [0.1, 0.15) is 5.56 Å². The van der Waals surface area contributed by atoms with Crippen molar-refractivity contribution < 1.29 is 8.83 Å². The highest BCUT2D eigenvalue weighted by Gasteiger charge is 2.24. The van der Waals surface area contributed by atoms with Crippen molar-refractivity contribution in [3.63, 3.8) is 0 Å². The summed E-state index contributed by atoms with van der Waals surface area (Å²) in [5, 5.41) is 17.1. The summed E-state index contributed by atoms with van der Waals surface area (Å²) in [7, 11) is 0. The van der Waals surface area contributed by atoms with Crippen LogP contribution in [0, 0.1) is 11.3 Å². The van der Waals surface area contributed by atoms with Gasteiger partial charge in [-0.2, -0.15) is 5.26 Å². The maximum Gasteiger partial charge on any atom is 0.160 e. The number of benzene rings is 8. The van der Waals surface area contributed by atoms with Crippen LogP contribution in [0.2, 0.25) is 0 Å². The summed E-state index contributed by atoms with van der Waals surface area (Å²) in [5.74, 6) is 0.548. The third kappa shape index (κ3) is 5.05. The fourth-order valence-electron chi connectivity index (χ4n) is 8.81. The first-order valence-electron chi connectivity index (χ1n) is 19.5. The summed E-state index contributed by atoms with van der Waals surface area (Å²) in [6.07, 6.45) is 0. The van der Waals surface area contributed by atoms with Crippen LogP contribution in [0.4, 0.5) is 0 Å². The fourth-order valence-corrected chi connectivity index (χ4v) is 8.81. The van der Waals surface area contributed by atoms with E-state index in [9.17, 15) is 5.26 Å². The molecule has 59 heavy (non-hydrogen) atoms. The average Bonchev–Trinajstić information content (AvgIpc) is 3.98. The molecule has 12 aromatic rings. The molecule has 0 saturated carbocycles. The molecule has 0 saturated heterocycles. The third-order valence-corrected chi connectivity index (χ3v) is 11.5. The third-order valence-electron chi connectivity index (χ3n) is 11.5. The van der Waals surface area contributed by atoms with Gasteiger partial charge in [-0.15, -0.1) is 0 Å². The van der Waals surface area contributed by atoms with Gasteiger partial charge in [0, 0.05) is 49.0 Å². The lowest BCUT2D eigenvalue weighted by Crippen LogP contribution is -2.01. The molecule has 0 spiro atoms. The van der Waals surface area contributed by atoms with E-state index in [0.29, 0.717) is 28.4 Å². The summed E-state index contributed by atoms with van der Waals surface area (Å²) in [5.41, 5.74) is 12.6. The van der Waals surface area contributed by atoms with Crippen molar-refractivity contribution in [3.05, 3.63) is 188 Å². The first kappa shape index (κ1) is 32.9. The van der Waals surface area contributed by atoms with Crippen LogP contribution in [0.5, 0.6) is 0 Å². The Morgan fingerprint density at radius 1 is 0.441 bits per heavy atom. The predicted molar refractivity (Wildman–Crippen MR) is 237 cm³/mol. The molecule has 0 unspecified atom stereocenters. The van der Waals surface area contributed by atoms with E-state index in [1.54, 1.807) is 0 Å². The molecule has 6 heteroatoms. The Kier molecular flexibility index (Phi) is 7.19. The second kappa shape index (κ2) is 12.9. The Morgan fingerprint density at radius 3 is 1.90 bits per heavy atom. The van der Waals surface area contributed by atoms with E-state index in [1.165, 1.54) is 0 Å². The van der Waals surface area contributed by atoms with Crippen LogP contribution in [0.3, 0.4) is 0 Å². The maximum absolute atomic E-state index is 10.8. The van der Waals surface area contributed by atoms with E-state index in [1.807, 2.05) is 91.0 Å². The number of para-hydroxylation sites is 3. The van der Waals surface area contributed by atoms with Crippen molar-refractivity contribution in [1.29, 1.82) is 5.26 Å². The van der Waals surface area contributed by atoms with E-state index < -0.39 is 0 Å². The molecule has 0 N–H and O–H groups in total. The summed E-state index contributed by atoms with van der Waals surface area (Å²) >= 11 is 0. The molecule has 0 aliphatic rings. The lowest BCUT2D eigenvalue weighted by molar-refractivity contribution is 0.666. The molecule has 0 aliphatic carbocycles. The van der Waals surface area contributed by atoms with Gasteiger partial charge >= 0.3 is 0 Å². The van der Waals surface area contributed by atoms with Crippen molar-refractivity contribution in [1.82, 2.24) is 14.5 Å². The summed E-state index contributed by atoms with van der Waals surface area (Å²) in [6.45, 7) is 0. The Labute approximate surface area is 337 Å². The monoisotopic (exact) mass is 754 g/mol. The van der Waals surface area contributed by atoms with Crippen molar-refractivity contribution in [2.75, 3.05) is 0 Å². The SMILES string of the molecule is N#Cc1c(-c2ccccc2)nc(-c2ccccc2)nc1-c1cccc2oc3c(-n4c5ccccc5c5cc(-c6ccc7oc8ccccc8c7c6)ccc54)cccc3c12. The van der Waals surface area contributed by atoms with Crippen LogP contribution in [0.15, 0.2) is 191 Å². The van der Waals surface area contributed by atoms with E-state index in [2.05, 4.69) is 102 Å². The highest BCUT2D eigenvalue weighted by molar-refractivity contribution is 6.17. The number of fused-ring (bicyclic) bond motifs is 9. The Bertz CT molecular complexity index is 3680. The molecule has 4 aromatic heterocycles. The number of aromatic nitrogens is 3. The normalized spacial score (nSPS) is 11.7. The number of rotatable bonds is 5. The van der Waals surface area contributed by atoms with Crippen LogP contribution < -0.4 is 0 Å². The molecule has 0 fully saturated rings. The summed E-state index contributed by atoms with van der Waals surface area (Å²) in [4.78, 5) is 10.1. The minimum atomic E-state index is 0.409. The number of furan rings is 2. The molecule has 0 radical (unpaired) electrons. The van der Waals surface area contributed by atoms with Gasteiger partial charge in [-0.3, -0.25) is 0 Å². The standard InChI is InChI=1S/C53H30N4O2/c54-31-42-50(32-13-3-1-4-14-32)55-53(33-15-5-2-6-16-33)56-51(42)38-19-12-24-48-49(38)39-20-11-22-45(52(39)59-48)57-43-21-9-7-17-36(43)40-29-34(25-27-44(40)57)35-26-28-47-41(30-35)37-18-8-10-23-46(37)58-47/h1-30H. The number of nitriles is 1. The minimum Gasteiger partial charge on any atom is -0.456 e. The van der Waals surface area contributed by atoms with Gasteiger partial charge in [0.05, 0.1) is 28.1 Å². The fraction of sp³-hybridized carbons (Fsp3) is 0. The summed E-state index contributed by atoms with van der Waals surface area (Å²) < 4.78 is 15.3. The Balaban J connectivity index is 1.07. The van der Waals surface area contributed by atoms with Gasteiger partial charge in [0.15, 0.2) is 11.4 Å². The van der Waals surface area contributed by atoms with Gasteiger partial charge in [-0.05, 0) is 59.7 Å². The molecular formula is C53H30N4O2. The van der Waals surface area contributed by atoms with Gasteiger partial charge in [-0.1, -0.05) is 133 Å². The molecule has 4 heterocycles. The average molecular weight is 755 g/mol. The van der Waals surface area contributed by atoms with Gasteiger partial charge in [0.25, 0.3) is 0 Å². The predicted octanol–water partition coefficient (Wildman–Crippen LogP) is 13.9. The van der Waals surface area contributed by atoms with Gasteiger partial charge in [-0.25, -0.2) is 9.97 Å². The topological polar surface area (TPSA) is 80.8 Å². The smallest absolute Gasteiger partial charge is 0.160 e. The highest BCUT2D eigenvalue weighted by atomic mass is 16.3. The molecule has 0 atom stereocenters. The first-order chi connectivity index (χ1) is 29.2. The number of hydrogen-bond acceptors (Lipinski definition) is 5. The Morgan fingerprint density at radius 2 is 1.07 bits per heavy atom. The second-order valence-corrected chi connectivity index (χ2v) is 14.8. The van der Waals surface area contributed by atoms with Crippen LogP contribution in [0.25, 0.3) is 116 Å². The molecule has 8 aromatic carbocycles. The number of nitrogens with zero attached hydrogens (tertiary/aromatic N) is 4. The van der Waals surface area contributed by atoms with Crippen molar-refractivity contribution in [3.8, 4) is 56.8 Å². The maximum atomic E-state index is 10.8. The lowest BCUT2D eigenvalue weighted by Gasteiger charge is -2.13. The number of hydrogen-bond donors (Lipinski definition) is 0. The molecule has 0 aliphatic heterocycles. The van der Waals surface area contributed by atoms with Crippen molar-refractivity contribution >= 4 is 65.7 Å². The highest BCUT2D eigenvalue weighted by Crippen LogP contribution is 2.43. The van der Waals surface area contributed by atoms with E-state index in [4.69, 9.17) is 18.8 Å². The van der Waals surface area contributed by atoms with Gasteiger partial charge < -0.3 is 13.4 Å². The first-order valence-corrected chi connectivity index (χ1v) is 19.5. The summed E-state index contributed by atoms with van der Waals surface area (Å²) in [6, 6.07) is 64.4. The quantitative estimate of drug-likeness (QED) is 0.175. The second-order valence-electron chi connectivity index (χ2n) is 14.8. The molecular weight excluding hydrogens is 725 g/mol. The van der Waals surface area contributed by atoms with Crippen molar-refractivity contribution in [2.24, 2.45) is 0 Å². The van der Waals surface area contributed by atoms with E-state index in [0.717, 1.165) is 93.6 Å². The van der Waals surface area contributed by atoms with Gasteiger partial charge in [0.1, 0.15) is 28.4 Å². The molecule has 6 nitrogen and oxygen atoms in total. The van der Waals surface area contributed by atoms with Gasteiger partial charge in [0.2, 0.25) is 0 Å². The molecule has 12 rings (SSSR count). The van der Waals surface area contributed by atoms with Crippen LogP contribution >= 0.6 is 0 Å². The molecule has 274 valence electrons.